The fourth-order valence-corrected chi connectivity index (χ4v) is 3.82. The van der Waals surface area contributed by atoms with Crippen LogP contribution in [0.25, 0.3) is 0 Å². The Morgan fingerprint density at radius 3 is 2.34 bits per heavy atom. The van der Waals surface area contributed by atoms with E-state index in [9.17, 15) is 33.2 Å². The molecule has 154 valence electrons. The third-order valence-electron chi connectivity index (χ3n) is 4.22. The van der Waals surface area contributed by atoms with Crippen molar-refractivity contribution in [3.8, 4) is 0 Å². The summed E-state index contributed by atoms with van der Waals surface area (Å²) >= 11 is 0. The molecule has 0 saturated carbocycles. The minimum atomic E-state index is -4.28. The van der Waals surface area contributed by atoms with E-state index in [1.165, 1.54) is 43.3 Å². The quantitative estimate of drug-likeness (QED) is 0.515. The van der Waals surface area contributed by atoms with Gasteiger partial charge in [0.05, 0.1) is 16.4 Å². The van der Waals surface area contributed by atoms with E-state index in [1.54, 1.807) is 19.1 Å². The van der Waals surface area contributed by atoms with Gasteiger partial charge in [-0.05, 0) is 25.5 Å². The summed E-state index contributed by atoms with van der Waals surface area (Å²) < 4.78 is 27.0. The lowest BCUT2D eigenvalue weighted by Crippen LogP contribution is -2.49. The molecule has 2 aromatic carbocycles. The van der Waals surface area contributed by atoms with E-state index in [0.29, 0.717) is 10.5 Å². The SMILES string of the molecule is Cc1ccccc1S(=O)(=O)NC(=O)N(Cc1ccccc1[N+](=O)[O-])C(C)C(=O)O. The summed E-state index contributed by atoms with van der Waals surface area (Å²) in [5, 5.41) is 20.5. The first-order valence-electron chi connectivity index (χ1n) is 8.38. The van der Waals surface area contributed by atoms with Crippen molar-refractivity contribution >= 4 is 27.7 Å². The largest absolute Gasteiger partial charge is 0.480 e. The number of carbonyl (C=O) groups excluding carboxylic acids is 1. The molecule has 0 aliphatic carbocycles. The standard InChI is InChI=1S/C18H19N3O7S/c1-12-7-3-6-10-16(12)29(27,28)19-18(24)20(13(2)17(22)23)11-14-8-4-5-9-15(14)21(25)26/h3-10,13H,11H2,1-2H3,(H,19,24)(H,22,23). The van der Waals surface area contributed by atoms with E-state index < -0.39 is 39.5 Å². The van der Waals surface area contributed by atoms with E-state index in [2.05, 4.69) is 0 Å². The molecule has 0 fully saturated rings. The molecule has 29 heavy (non-hydrogen) atoms. The number of benzene rings is 2. The van der Waals surface area contributed by atoms with Crippen LogP contribution in [-0.2, 0) is 21.4 Å². The highest BCUT2D eigenvalue weighted by molar-refractivity contribution is 7.90. The van der Waals surface area contributed by atoms with Gasteiger partial charge in [-0.1, -0.05) is 36.4 Å². The molecular weight excluding hydrogens is 402 g/mol. The first-order valence-corrected chi connectivity index (χ1v) is 9.87. The smallest absolute Gasteiger partial charge is 0.332 e. The Labute approximate surface area is 167 Å². The average Bonchev–Trinajstić information content (AvgIpc) is 2.65. The van der Waals surface area contributed by atoms with Gasteiger partial charge >= 0.3 is 12.0 Å². The van der Waals surface area contributed by atoms with Gasteiger partial charge in [0.1, 0.15) is 6.04 Å². The van der Waals surface area contributed by atoms with Crippen molar-refractivity contribution in [1.29, 1.82) is 0 Å². The van der Waals surface area contributed by atoms with Gasteiger partial charge in [-0.25, -0.2) is 22.7 Å². The van der Waals surface area contributed by atoms with Gasteiger partial charge in [0.25, 0.3) is 15.7 Å². The van der Waals surface area contributed by atoms with Gasteiger partial charge in [-0.2, -0.15) is 0 Å². The van der Waals surface area contributed by atoms with E-state index in [0.717, 1.165) is 0 Å². The number of para-hydroxylation sites is 1. The van der Waals surface area contributed by atoms with Gasteiger partial charge in [-0.15, -0.1) is 0 Å². The number of aryl methyl sites for hydroxylation is 1. The number of aliphatic carboxylic acids is 1. The minimum absolute atomic E-state index is 0.0639. The van der Waals surface area contributed by atoms with Crippen molar-refractivity contribution in [1.82, 2.24) is 9.62 Å². The summed E-state index contributed by atoms with van der Waals surface area (Å²) in [6, 6.07) is 8.80. The molecule has 2 amide bonds. The van der Waals surface area contributed by atoms with Crippen LogP contribution < -0.4 is 4.72 Å². The van der Waals surface area contributed by atoms with E-state index in [-0.39, 0.29) is 16.1 Å². The molecule has 2 N–H and O–H groups in total. The van der Waals surface area contributed by atoms with Crippen molar-refractivity contribution in [3.63, 3.8) is 0 Å². The summed E-state index contributed by atoms with van der Waals surface area (Å²) in [4.78, 5) is 35.2. The molecule has 0 spiro atoms. The van der Waals surface area contributed by atoms with Crippen molar-refractivity contribution < 1.29 is 28.0 Å². The maximum atomic E-state index is 12.7. The molecule has 0 aliphatic heterocycles. The summed E-state index contributed by atoms with van der Waals surface area (Å²) in [5.74, 6) is -1.40. The molecule has 0 heterocycles. The normalized spacial score (nSPS) is 12.1. The number of urea groups is 1. The minimum Gasteiger partial charge on any atom is -0.480 e. The summed E-state index contributed by atoms with van der Waals surface area (Å²) in [6.07, 6.45) is 0. The summed E-state index contributed by atoms with van der Waals surface area (Å²) in [5.41, 5.74) is 0.142. The van der Waals surface area contributed by atoms with Crippen LogP contribution in [0.5, 0.6) is 0 Å². The predicted molar refractivity (Wildman–Crippen MR) is 103 cm³/mol. The fraction of sp³-hybridized carbons (Fsp3) is 0.222. The number of nitro groups is 1. The van der Waals surface area contributed by atoms with Gasteiger partial charge in [0.2, 0.25) is 0 Å². The van der Waals surface area contributed by atoms with Crippen LogP contribution >= 0.6 is 0 Å². The number of carboxylic acid groups (broad SMARTS) is 1. The Hall–Kier alpha value is -3.47. The third-order valence-corrected chi connectivity index (χ3v) is 5.70. The number of hydrogen-bond acceptors (Lipinski definition) is 6. The molecule has 11 heteroatoms. The summed E-state index contributed by atoms with van der Waals surface area (Å²) in [6.45, 7) is 2.25. The highest BCUT2D eigenvalue weighted by atomic mass is 32.2. The fourth-order valence-electron chi connectivity index (χ4n) is 2.61. The maximum Gasteiger partial charge on any atom is 0.332 e. The Balaban J connectivity index is 2.38. The number of nitrogens with one attached hydrogen (secondary N) is 1. The van der Waals surface area contributed by atoms with Crippen LogP contribution in [0.3, 0.4) is 0 Å². The molecule has 1 atom stereocenters. The molecular formula is C18H19N3O7S. The van der Waals surface area contributed by atoms with Crippen LogP contribution in [0, 0.1) is 17.0 Å². The number of carbonyl (C=O) groups is 2. The zero-order valence-electron chi connectivity index (χ0n) is 15.6. The molecule has 0 aromatic heterocycles. The molecule has 2 rings (SSSR count). The van der Waals surface area contributed by atoms with Crippen LogP contribution in [-0.4, -0.2) is 41.4 Å². The topological polar surface area (TPSA) is 147 Å². The predicted octanol–water partition coefficient (Wildman–Crippen LogP) is 2.28. The zero-order valence-corrected chi connectivity index (χ0v) is 16.4. The second-order valence-electron chi connectivity index (χ2n) is 6.20. The lowest BCUT2D eigenvalue weighted by molar-refractivity contribution is -0.385. The molecule has 0 radical (unpaired) electrons. The van der Waals surface area contributed by atoms with Crippen molar-refractivity contribution in [2.45, 2.75) is 31.3 Å². The van der Waals surface area contributed by atoms with Gasteiger partial charge in [-0.3, -0.25) is 10.1 Å². The van der Waals surface area contributed by atoms with Crippen molar-refractivity contribution in [2.75, 3.05) is 0 Å². The average molecular weight is 421 g/mol. The molecule has 10 nitrogen and oxygen atoms in total. The van der Waals surface area contributed by atoms with E-state index in [1.807, 2.05) is 4.72 Å². The van der Waals surface area contributed by atoms with Crippen LogP contribution in [0.1, 0.15) is 18.1 Å². The molecule has 0 saturated heterocycles. The molecule has 1 unspecified atom stereocenters. The van der Waals surface area contributed by atoms with Crippen LogP contribution in [0.4, 0.5) is 10.5 Å². The third kappa shape index (κ3) is 5.08. The van der Waals surface area contributed by atoms with E-state index in [4.69, 9.17) is 0 Å². The monoisotopic (exact) mass is 421 g/mol. The number of sulfonamides is 1. The number of rotatable bonds is 7. The maximum absolute atomic E-state index is 12.7. The summed E-state index contributed by atoms with van der Waals surface area (Å²) in [7, 11) is -4.28. The number of nitro benzene ring substituents is 1. The number of amides is 2. The Morgan fingerprint density at radius 2 is 1.76 bits per heavy atom. The highest BCUT2D eigenvalue weighted by Crippen LogP contribution is 2.21. The van der Waals surface area contributed by atoms with Gasteiger partial charge in [0.15, 0.2) is 0 Å². The first-order chi connectivity index (χ1) is 13.5. The second-order valence-corrected chi connectivity index (χ2v) is 7.85. The Morgan fingerprint density at radius 1 is 1.17 bits per heavy atom. The molecule has 2 aromatic rings. The first kappa shape index (κ1) is 21.8. The molecule has 0 bridgehead atoms. The van der Waals surface area contributed by atoms with Gasteiger partial charge < -0.3 is 10.0 Å². The zero-order chi connectivity index (χ0) is 21.8. The number of hydrogen-bond donors (Lipinski definition) is 2. The number of nitrogens with zero attached hydrogens (tertiary/aromatic N) is 2. The van der Waals surface area contributed by atoms with Gasteiger partial charge in [0, 0.05) is 11.6 Å². The lowest BCUT2D eigenvalue weighted by atomic mass is 10.1. The highest BCUT2D eigenvalue weighted by Gasteiger charge is 2.31. The van der Waals surface area contributed by atoms with Crippen molar-refractivity contribution in [3.05, 3.63) is 69.8 Å². The van der Waals surface area contributed by atoms with Crippen molar-refractivity contribution in [2.24, 2.45) is 0 Å². The number of carboxylic acids is 1. The Bertz CT molecular complexity index is 1050. The van der Waals surface area contributed by atoms with Crippen LogP contribution in [0.2, 0.25) is 0 Å². The Kier molecular flexibility index (Phi) is 6.54. The van der Waals surface area contributed by atoms with Crippen LogP contribution in [0.15, 0.2) is 53.4 Å². The van der Waals surface area contributed by atoms with E-state index >= 15 is 0 Å². The lowest BCUT2D eigenvalue weighted by Gasteiger charge is -2.26. The second kappa shape index (κ2) is 8.69. The molecule has 0 aliphatic rings.